The van der Waals surface area contributed by atoms with Crippen molar-refractivity contribution in [3.63, 3.8) is 0 Å². The quantitative estimate of drug-likeness (QED) is 0.507. The molecule has 0 saturated heterocycles. The highest BCUT2D eigenvalue weighted by atomic mass is 19.1. The van der Waals surface area contributed by atoms with Crippen molar-refractivity contribution in [2.75, 3.05) is 5.32 Å². The van der Waals surface area contributed by atoms with Crippen LogP contribution in [-0.4, -0.2) is 15.9 Å². The molecule has 0 saturated carbocycles. The summed E-state index contributed by atoms with van der Waals surface area (Å²) in [6.45, 7) is 3.47. The van der Waals surface area contributed by atoms with Crippen molar-refractivity contribution in [1.82, 2.24) is 9.97 Å². The zero-order chi connectivity index (χ0) is 20.4. The fraction of sp³-hybridized carbons (Fsp3) is 0.0870. The van der Waals surface area contributed by atoms with Gasteiger partial charge in [-0.05, 0) is 48.9 Å². The van der Waals surface area contributed by atoms with Crippen LogP contribution in [-0.2, 0) is 0 Å². The Balaban J connectivity index is 1.58. The summed E-state index contributed by atoms with van der Waals surface area (Å²) in [6, 6.07) is 19.4. The number of carbonyl (C=O) groups is 1. The zero-order valence-electron chi connectivity index (χ0n) is 15.9. The van der Waals surface area contributed by atoms with E-state index < -0.39 is 5.82 Å². The van der Waals surface area contributed by atoms with E-state index in [9.17, 15) is 9.18 Å². The van der Waals surface area contributed by atoms with Crippen molar-refractivity contribution in [2.24, 2.45) is 0 Å². The van der Waals surface area contributed by atoms with Gasteiger partial charge < -0.3 is 10.1 Å². The van der Waals surface area contributed by atoms with Crippen molar-refractivity contribution in [2.45, 2.75) is 13.8 Å². The van der Waals surface area contributed by atoms with Crippen molar-refractivity contribution >= 4 is 22.4 Å². The van der Waals surface area contributed by atoms with Crippen LogP contribution in [0.4, 0.5) is 10.1 Å². The molecule has 0 aliphatic carbocycles. The number of hydrogen-bond acceptors (Lipinski definition) is 4. The molecule has 1 amide bonds. The standard InChI is InChI=1S/C23H18FN3O2/c1-14-21(15(2)26-23(25-14)29-20-10-6-5-9-19(20)24)27-22(28)18-12-11-16-7-3-4-8-17(16)13-18/h3-13H,1-2H3,(H,27,28). The SMILES string of the molecule is Cc1nc(Oc2ccccc2F)nc(C)c1NC(=O)c1ccc2ccccc2c1. The molecule has 1 aromatic heterocycles. The number of para-hydroxylation sites is 1. The van der Waals surface area contributed by atoms with Gasteiger partial charge in [0, 0.05) is 5.56 Å². The fourth-order valence-corrected chi connectivity index (χ4v) is 3.05. The van der Waals surface area contributed by atoms with Gasteiger partial charge in [0.05, 0.1) is 17.1 Å². The van der Waals surface area contributed by atoms with E-state index in [1.54, 1.807) is 32.0 Å². The molecule has 144 valence electrons. The maximum atomic E-state index is 13.8. The van der Waals surface area contributed by atoms with Crippen LogP contribution in [0, 0.1) is 19.7 Å². The van der Waals surface area contributed by atoms with Crippen molar-refractivity contribution < 1.29 is 13.9 Å². The molecule has 0 aliphatic heterocycles. The number of hydrogen-bond donors (Lipinski definition) is 1. The molecule has 29 heavy (non-hydrogen) atoms. The van der Waals surface area contributed by atoms with E-state index in [0.717, 1.165) is 10.8 Å². The minimum Gasteiger partial charge on any atom is -0.421 e. The second kappa shape index (κ2) is 7.67. The minimum atomic E-state index is -0.500. The van der Waals surface area contributed by atoms with Gasteiger partial charge in [0.1, 0.15) is 0 Å². The number of ether oxygens (including phenoxy) is 1. The number of benzene rings is 3. The predicted octanol–water partition coefficient (Wildman–Crippen LogP) is 5.43. The molecule has 0 aliphatic rings. The van der Waals surface area contributed by atoms with Gasteiger partial charge in [-0.3, -0.25) is 4.79 Å². The van der Waals surface area contributed by atoms with E-state index in [1.165, 1.54) is 12.1 Å². The number of aryl methyl sites for hydroxylation is 2. The second-order valence-corrected chi connectivity index (χ2v) is 6.60. The van der Waals surface area contributed by atoms with Crippen molar-refractivity contribution in [3.05, 3.63) is 89.5 Å². The van der Waals surface area contributed by atoms with E-state index in [0.29, 0.717) is 22.6 Å². The van der Waals surface area contributed by atoms with Crippen LogP contribution in [0.25, 0.3) is 10.8 Å². The summed E-state index contributed by atoms with van der Waals surface area (Å²) in [7, 11) is 0. The average molecular weight is 387 g/mol. The zero-order valence-corrected chi connectivity index (χ0v) is 15.9. The maximum Gasteiger partial charge on any atom is 0.322 e. The van der Waals surface area contributed by atoms with Crippen molar-refractivity contribution in [3.8, 4) is 11.8 Å². The number of nitrogens with zero attached hydrogens (tertiary/aromatic N) is 2. The molecule has 4 rings (SSSR count). The van der Waals surface area contributed by atoms with Crippen LogP contribution in [0.15, 0.2) is 66.7 Å². The Labute approximate surface area is 167 Å². The lowest BCUT2D eigenvalue weighted by Crippen LogP contribution is -2.15. The van der Waals surface area contributed by atoms with E-state index in [1.807, 2.05) is 36.4 Å². The van der Waals surface area contributed by atoms with E-state index >= 15 is 0 Å². The smallest absolute Gasteiger partial charge is 0.322 e. The van der Waals surface area contributed by atoms with E-state index in [4.69, 9.17) is 4.74 Å². The summed E-state index contributed by atoms with van der Waals surface area (Å²) < 4.78 is 19.2. The van der Waals surface area contributed by atoms with Gasteiger partial charge in [-0.25, -0.2) is 4.39 Å². The van der Waals surface area contributed by atoms with Crippen LogP contribution < -0.4 is 10.1 Å². The largest absolute Gasteiger partial charge is 0.421 e. The first-order chi connectivity index (χ1) is 14.0. The number of fused-ring (bicyclic) bond motifs is 1. The number of aromatic nitrogens is 2. The van der Waals surface area contributed by atoms with E-state index in [2.05, 4.69) is 15.3 Å². The Morgan fingerprint density at radius 1 is 0.897 bits per heavy atom. The van der Waals surface area contributed by atoms with Gasteiger partial charge in [0.25, 0.3) is 5.91 Å². The Bertz CT molecular complexity index is 1200. The maximum absolute atomic E-state index is 13.8. The molecule has 4 aromatic rings. The van der Waals surface area contributed by atoms with Gasteiger partial charge in [-0.15, -0.1) is 0 Å². The van der Waals surface area contributed by atoms with Crippen LogP contribution in [0.2, 0.25) is 0 Å². The first-order valence-corrected chi connectivity index (χ1v) is 9.09. The monoisotopic (exact) mass is 387 g/mol. The lowest BCUT2D eigenvalue weighted by atomic mass is 10.1. The van der Waals surface area contributed by atoms with Gasteiger partial charge in [-0.2, -0.15) is 9.97 Å². The van der Waals surface area contributed by atoms with Gasteiger partial charge in [0.15, 0.2) is 11.6 Å². The first kappa shape index (κ1) is 18.6. The third-order valence-electron chi connectivity index (χ3n) is 4.54. The van der Waals surface area contributed by atoms with E-state index in [-0.39, 0.29) is 17.7 Å². The summed E-state index contributed by atoms with van der Waals surface area (Å²) in [6.07, 6.45) is 0. The highest BCUT2D eigenvalue weighted by Gasteiger charge is 2.15. The number of nitrogens with one attached hydrogen (secondary N) is 1. The lowest BCUT2D eigenvalue weighted by Gasteiger charge is -2.13. The third kappa shape index (κ3) is 3.91. The highest BCUT2D eigenvalue weighted by molar-refractivity contribution is 6.06. The molecular weight excluding hydrogens is 369 g/mol. The molecule has 0 radical (unpaired) electrons. The van der Waals surface area contributed by atoms with Crippen LogP contribution in [0.3, 0.4) is 0 Å². The topological polar surface area (TPSA) is 64.1 Å². The minimum absolute atomic E-state index is 0.0220. The molecule has 1 N–H and O–H groups in total. The first-order valence-electron chi connectivity index (χ1n) is 9.09. The Kier molecular flexibility index (Phi) is 4.91. The highest BCUT2D eigenvalue weighted by Crippen LogP contribution is 2.26. The van der Waals surface area contributed by atoms with Gasteiger partial charge in [0.2, 0.25) is 0 Å². The molecular formula is C23H18FN3O2. The Morgan fingerprint density at radius 3 is 2.28 bits per heavy atom. The summed E-state index contributed by atoms with van der Waals surface area (Å²) in [5, 5.41) is 4.92. The molecule has 3 aromatic carbocycles. The number of halogens is 1. The van der Waals surface area contributed by atoms with Crippen LogP contribution in [0.5, 0.6) is 11.8 Å². The molecule has 6 heteroatoms. The van der Waals surface area contributed by atoms with Crippen molar-refractivity contribution in [1.29, 1.82) is 0 Å². The number of anilines is 1. The molecule has 0 fully saturated rings. The number of rotatable bonds is 4. The fourth-order valence-electron chi connectivity index (χ4n) is 3.05. The molecule has 0 spiro atoms. The summed E-state index contributed by atoms with van der Waals surface area (Å²) in [4.78, 5) is 21.2. The number of amides is 1. The summed E-state index contributed by atoms with van der Waals surface area (Å²) in [5.41, 5.74) is 2.09. The Hall–Kier alpha value is -3.80. The average Bonchev–Trinajstić information content (AvgIpc) is 2.72. The second-order valence-electron chi connectivity index (χ2n) is 6.60. The van der Waals surface area contributed by atoms with Gasteiger partial charge in [-0.1, -0.05) is 42.5 Å². The molecule has 0 unspecified atom stereocenters. The van der Waals surface area contributed by atoms with Crippen LogP contribution in [0.1, 0.15) is 21.7 Å². The Morgan fingerprint density at radius 2 is 1.55 bits per heavy atom. The molecule has 0 atom stereocenters. The lowest BCUT2D eigenvalue weighted by molar-refractivity contribution is 0.102. The predicted molar refractivity (Wildman–Crippen MR) is 110 cm³/mol. The molecule has 5 nitrogen and oxygen atoms in total. The molecule has 0 bridgehead atoms. The summed E-state index contributed by atoms with van der Waals surface area (Å²) >= 11 is 0. The van der Waals surface area contributed by atoms with Gasteiger partial charge >= 0.3 is 6.01 Å². The normalized spacial score (nSPS) is 10.7. The third-order valence-corrected chi connectivity index (χ3v) is 4.54. The number of carbonyl (C=O) groups excluding carboxylic acids is 1. The van der Waals surface area contributed by atoms with Crippen LogP contribution >= 0.6 is 0 Å². The summed E-state index contributed by atoms with van der Waals surface area (Å²) in [5.74, 6) is -0.715. The molecule has 1 heterocycles.